The van der Waals surface area contributed by atoms with E-state index in [4.69, 9.17) is 9.47 Å². The predicted octanol–water partition coefficient (Wildman–Crippen LogP) is 0.843. The van der Waals surface area contributed by atoms with Crippen LogP contribution < -0.4 is 15.4 Å². The number of para-hydroxylation sites is 1. The zero-order valence-corrected chi connectivity index (χ0v) is 11.9. The van der Waals surface area contributed by atoms with Crippen molar-refractivity contribution in [2.45, 2.75) is 19.4 Å². The van der Waals surface area contributed by atoms with E-state index in [2.05, 4.69) is 5.32 Å². The van der Waals surface area contributed by atoms with Crippen LogP contribution in [0, 0.1) is 0 Å². The molecule has 1 rings (SSSR count). The van der Waals surface area contributed by atoms with Crippen molar-refractivity contribution in [2.24, 2.45) is 0 Å². The van der Waals surface area contributed by atoms with Gasteiger partial charge in [0.15, 0.2) is 6.10 Å². The minimum absolute atomic E-state index is 0.00644. The number of hydrogen-bond donors (Lipinski definition) is 2. The highest BCUT2D eigenvalue weighted by atomic mass is 16.5. The lowest BCUT2D eigenvalue weighted by atomic mass is 10.3. The summed E-state index contributed by atoms with van der Waals surface area (Å²) in [7, 11) is 1.38. The number of rotatable bonds is 6. The Balaban J connectivity index is 2.26. The molecule has 0 fully saturated rings. The van der Waals surface area contributed by atoms with E-state index in [9.17, 15) is 14.4 Å². The number of amides is 3. The summed E-state index contributed by atoms with van der Waals surface area (Å²) in [5.41, 5.74) is 0. The Hall–Kier alpha value is -2.57. The molecule has 0 saturated carbocycles. The van der Waals surface area contributed by atoms with Crippen LogP contribution in [0.5, 0.6) is 5.75 Å². The first kappa shape index (κ1) is 16.5. The topological polar surface area (TPSA) is 93.7 Å². The molecule has 0 aliphatic carbocycles. The fraction of sp³-hybridized carbons (Fsp3) is 0.357. The summed E-state index contributed by atoms with van der Waals surface area (Å²) in [5, 5.41) is 4.24. The van der Waals surface area contributed by atoms with Crippen LogP contribution in [0.4, 0.5) is 4.79 Å². The molecule has 0 aromatic heterocycles. The molecule has 0 unspecified atom stereocenters. The van der Waals surface area contributed by atoms with Gasteiger partial charge in [0.1, 0.15) is 5.75 Å². The molecule has 0 spiro atoms. The first-order valence-corrected chi connectivity index (χ1v) is 6.43. The van der Waals surface area contributed by atoms with Crippen molar-refractivity contribution in [1.82, 2.24) is 10.6 Å². The van der Waals surface area contributed by atoms with E-state index in [0.29, 0.717) is 5.75 Å². The van der Waals surface area contributed by atoms with Gasteiger partial charge in [-0.3, -0.25) is 14.9 Å². The average Bonchev–Trinajstić information content (AvgIpc) is 2.48. The third-order valence-corrected chi connectivity index (χ3v) is 2.46. The third-order valence-electron chi connectivity index (χ3n) is 2.46. The molecule has 0 saturated heterocycles. The van der Waals surface area contributed by atoms with Crippen LogP contribution in [0.15, 0.2) is 30.3 Å². The normalized spacial score (nSPS) is 11.1. The summed E-state index contributed by atoms with van der Waals surface area (Å²) in [6.45, 7) is 1.53. The van der Waals surface area contributed by atoms with Crippen LogP contribution in [0.2, 0.25) is 0 Å². The maximum absolute atomic E-state index is 11.5. The predicted molar refractivity (Wildman–Crippen MR) is 74.7 cm³/mol. The molecule has 0 aliphatic heterocycles. The van der Waals surface area contributed by atoms with E-state index in [1.807, 2.05) is 23.5 Å². The molecule has 7 heteroatoms. The Morgan fingerprint density at radius 2 is 1.86 bits per heavy atom. The van der Waals surface area contributed by atoms with E-state index >= 15 is 0 Å². The Bertz CT molecular complexity index is 489. The maximum atomic E-state index is 11.5. The molecule has 0 aliphatic rings. The second-order valence-electron chi connectivity index (χ2n) is 4.11. The lowest BCUT2D eigenvalue weighted by Crippen LogP contribution is -2.43. The van der Waals surface area contributed by atoms with Crippen LogP contribution in [0.3, 0.4) is 0 Å². The quantitative estimate of drug-likeness (QED) is 0.758. The summed E-state index contributed by atoms with van der Waals surface area (Å²) in [6, 6.07) is 8.37. The highest BCUT2D eigenvalue weighted by Crippen LogP contribution is 2.08. The van der Waals surface area contributed by atoms with Gasteiger partial charge in [0, 0.05) is 7.05 Å². The van der Waals surface area contributed by atoms with Gasteiger partial charge in [-0.25, -0.2) is 4.79 Å². The highest BCUT2D eigenvalue weighted by Gasteiger charge is 2.19. The SMILES string of the molecule is CNC(=O)NC(=O)[C@H](C)OC(=O)CCOc1ccccc1. The van der Waals surface area contributed by atoms with Crippen molar-refractivity contribution in [3.05, 3.63) is 30.3 Å². The molecule has 3 amide bonds. The number of benzene rings is 1. The first-order chi connectivity index (χ1) is 10.0. The zero-order chi connectivity index (χ0) is 15.7. The number of imide groups is 1. The van der Waals surface area contributed by atoms with E-state index in [0.717, 1.165) is 0 Å². The lowest BCUT2D eigenvalue weighted by Gasteiger charge is -2.12. The number of nitrogens with one attached hydrogen (secondary N) is 2. The van der Waals surface area contributed by atoms with Crippen molar-refractivity contribution in [1.29, 1.82) is 0 Å². The van der Waals surface area contributed by atoms with Gasteiger partial charge < -0.3 is 14.8 Å². The molecule has 21 heavy (non-hydrogen) atoms. The summed E-state index contributed by atoms with van der Waals surface area (Å²) < 4.78 is 10.2. The summed E-state index contributed by atoms with van der Waals surface area (Å²) in [6.07, 6.45) is -1.04. The van der Waals surface area contributed by atoms with Crippen molar-refractivity contribution < 1.29 is 23.9 Å². The molecule has 0 radical (unpaired) electrons. The second-order valence-corrected chi connectivity index (χ2v) is 4.11. The number of carbonyl (C=O) groups excluding carboxylic acids is 3. The summed E-state index contributed by atoms with van der Waals surface area (Å²) in [5.74, 6) is -0.618. The van der Waals surface area contributed by atoms with Crippen LogP contribution >= 0.6 is 0 Å². The van der Waals surface area contributed by atoms with Gasteiger partial charge in [-0.2, -0.15) is 0 Å². The minimum Gasteiger partial charge on any atom is -0.493 e. The number of hydrogen-bond acceptors (Lipinski definition) is 5. The number of carbonyl (C=O) groups is 3. The Labute approximate surface area is 122 Å². The largest absolute Gasteiger partial charge is 0.493 e. The summed E-state index contributed by atoms with van der Waals surface area (Å²) >= 11 is 0. The van der Waals surface area contributed by atoms with Crippen molar-refractivity contribution in [3.63, 3.8) is 0 Å². The van der Waals surface area contributed by atoms with Gasteiger partial charge in [-0.15, -0.1) is 0 Å². The van der Waals surface area contributed by atoms with Crippen LogP contribution in [-0.2, 0) is 14.3 Å². The molecular formula is C14H18N2O5. The molecule has 1 atom stereocenters. The van der Waals surface area contributed by atoms with E-state index < -0.39 is 24.0 Å². The zero-order valence-electron chi connectivity index (χ0n) is 11.9. The van der Waals surface area contributed by atoms with Crippen LogP contribution in [0.1, 0.15) is 13.3 Å². The van der Waals surface area contributed by atoms with Crippen LogP contribution in [0.25, 0.3) is 0 Å². The maximum Gasteiger partial charge on any atom is 0.321 e. The number of urea groups is 1. The van der Waals surface area contributed by atoms with Gasteiger partial charge in [0.2, 0.25) is 0 Å². The van der Waals surface area contributed by atoms with Gasteiger partial charge in [0.05, 0.1) is 13.0 Å². The van der Waals surface area contributed by atoms with Gasteiger partial charge in [-0.1, -0.05) is 18.2 Å². The average molecular weight is 294 g/mol. The first-order valence-electron chi connectivity index (χ1n) is 6.43. The van der Waals surface area contributed by atoms with Gasteiger partial charge in [-0.05, 0) is 19.1 Å². The molecular weight excluding hydrogens is 276 g/mol. The number of ether oxygens (including phenoxy) is 2. The van der Waals surface area contributed by atoms with Crippen molar-refractivity contribution in [3.8, 4) is 5.75 Å². The molecule has 0 heterocycles. The molecule has 2 N–H and O–H groups in total. The van der Waals surface area contributed by atoms with E-state index in [1.165, 1.54) is 14.0 Å². The molecule has 1 aromatic rings. The fourth-order valence-corrected chi connectivity index (χ4v) is 1.35. The fourth-order valence-electron chi connectivity index (χ4n) is 1.35. The van der Waals surface area contributed by atoms with Gasteiger partial charge in [0.25, 0.3) is 5.91 Å². The number of esters is 1. The van der Waals surface area contributed by atoms with Crippen LogP contribution in [-0.4, -0.2) is 37.7 Å². The molecule has 7 nitrogen and oxygen atoms in total. The minimum atomic E-state index is -1.05. The standard InChI is InChI=1S/C14H18N2O5/c1-10(13(18)16-14(19)15-2)21-12(17)8-9-20-11-6-4-3-5-7-11/h3-7,10H,8-9H2,1-2H3,(H2,15,16,18,19)/t10-/m0/s1. The van der Waals surface area contributed by atoms with E-state index in [1.54, 1.807) is 12.1 Å². The van der Waals surface area contributed by atoms with Crippen molar-refractivity contribution >= 4 is 17.9 Å². The summed E-state index contributed by atoms with van der Waals surface area (Å²) in [4.78, 5) is 33.9. The van der Waals surface area contributed by atoms with E-state index in [-0.39, 0.29) is 13.0 Å². The monoisotopic (exact) mass is 294 g/mol. The molecule has 1 aromatic carbocycles. The highest BCUT2D eigenvalue weighted by molar-refractivity contribution is 5.96. The Morgan fingerprint density at radius 3 is 2.48 bits per heavy atom. The smallest absolute Gasteiger partial charge is 0.321 e. The lowest BCUT2D eigenvalue weighted by molar-refractivity contribution is -0.154. The Kier molecular flexibility index (Phi) is 6.73. The second kappa shape index (κ2) is 8.57. The van der Waals surface area contributed by atoms with Crippen molar-refractivity contribution in [2.75, 3.05) is 13.7 Å². The molecule has 0 bridgehead atoms. The molecule has 114 valence electrons. The van der Waals surface area contributed by atoms with Gasteiger partial charge >= 0.3 is 12.0 Å². The third kappa shape index (κ3) is 6.42. The Morgan fingerprint density at radius 1 is 1.19 bits per heavy atom.